The third-order valence-electron chi connectivity index (χ3n) is 1.54. The van der Waals surface area contributed by atoms with E-state index in [0.29, 0.717) is 18.3 Å². The number of tetrazole rings is 1. The minimum Gasteiger partial charge on any atom is -0.481 e. The lowest BCUT2D eigenvalue weighted by molar-refractivity contribution is -0.133. The maximum atomic E-state index is 10.3. The number of thioether (sulfide) groups is 1. The van der Waals surface area contributed by atoms with E-state index in [1.165, 1.54) is 0 Å². The Morgan fingerprint density at radius 2 is 2.47 bits per heavy atom. The normalized spacial score (nSPS) is 10.5. The second-order valence-corrected chi connectivity index (χ2v) is 3.66. The Bertz CT molecular complexity index is 317. The molecule has 1 N–H and O–H groups in total. The van der Waals surface area contributed by atoms with Gasteiger partial charge in [-0.05, 0) is 16.8 Å². The van der Waals surface area contributed by atoms with Crippen molar-refractivity contribution < 1.29 is 14.6 Å². The van der Waals surface area contributed by atoms with Crippen molar-refractivity contribution in [3.05, 3.63) is 0 Å². The number of rotatable bonds is 7. The molecule has 1 aromatic heterocycles. The predicted octanol–water partition coefficient (Wildman–Crippen LogP) is -0.114. The zero-order chi connectivity index (χ0) is 11.1. The average molecular weight is 232 g/mol. The number of nitrogens with zero attached hydrogens (tertiary/aromatic N) is 4. The van der Waals surface area contributed by atoms with Crippen molar-refractivity contribution in [2.75, 3.05) is 19.5 Å². The van der Waals surface area contributed by atoms with Crippen LogP contribution >= 0.6 is 11.8 Å². The van der Waals surface area contributed by atoms with Gasteiger partial charge in [0.05, 0.1) is 5.75 Å². The number of carboxylic acids is 1. The summed E-state index contributed by atoms with van der Waals surface area (Å²) in [7, 11) is 1.62. The Morgan fingerprint density at radius 1 is 1.67 bits per heavy atom. The molecule has 0 aliphatic rings. The van der Waals surface area contributed by atoms with Crippen LogP contribution in [-0.2, 0) is 16.1 Å². The molecule has 84 valence electrons. The summed E-state index contributed by atoms with van der Waals surface area (Å²) in [6.45, 7) is 1.26. The highest BCUT2D eigenvalue weighted by molar-refractivity contribution is 7.99. The zero-order valence-electron chi connectivity index (χ0n) is 8.29. The first kappa shape index (κ1) is 11.9. The van der Waals surface area contributed by atoms with Crippen molar-refractivity contribution in [1.82, 2.24) is 20.2 Å². The largest absolute Gasteiger partial charge is 0.481 e. The standard InChI is InChI=1S/C7H12N4O3S/c1-14-4-2-3-11-7(8-9-10-11)15-5-6(12)13/h2-5H2,1H3,(H,12,13). The molecule has 0 radical (unpaired) electrons. The van der Waals surface area contributed by atoms with Gasteiger partial charge in [-0.2, -0.15) is 0 Å². The average Bonchev–Trinajstić information content (AvgIpc) is 2.63. The van der Waals surface area contributed by atoms with Crippen molar-refractivity contribution >= 4 is 17.7 Å². The van der Waals surface area contributed by atoms with Crippen LogP contribution in [0.3, 0.4) is 0 Å². The van der Waals surface area contributed by atoms with Crippen LogP contribution in [0.15, 0.2) is 5.16 Å². The number of ether oxygens (including phenoxy) is 1. The molecule has 0 unspecified atom stereocenters. The Labute approximate surface area is 90.8 Å². The molecule has 1 rings (SSSR count). The van der Waals surface area contributed by atoms with Gasteiger partial charge in [-0.1, -0.05) is 11.8 Å². The van der Waals surface area contributed by atoms with Gasteiger partial charge in [0.15, 0.2) is 0 Å². The molecule has 0 spiro atoms. The van der Waals surface area contributed by atoms with E-state index in [1.807, 2.05) is 0 Å². The molecule has 0 aliphatic heterocycles. The fourth-order valence-electron chi connectivity index (χ4n) is 0.925. The monoisotopic (exact) mass is 232 g/mol. The summed E-state index contributed by atoms with van der Waals surface area (Å²) >= 11 is 1.11. The highest BCUT2D eigenvalue weighted by Gasteiger charge is 2.08. The summed E-state index contributed by atoms with van der Waals surface area (Å²) in [5.41, 5.74) is 0. The minimum atomic E-state index is -0.883. The molecular weight excluding hydrogens is 220 g/mol. The molecule has 0 saturated heterocycles. The van der Waals surface area contributed by atoms with Gasteiger partial charge in [-0.3, -0.25) is 4.79 Å². The number of aliphatic carboxylic acids is 1. The number of aromatic nitrogens is 4. The number of carboxylic acid groups (broad SMARTS) is 1. The molecule has 15 heavy (non-hydrogen) atoms. The fraction of sp³-hybridized carbons (Fsp3) is 0.714. The summed E-state index contributed by atoms with van der Waals surface area (Å²) in [5.74, 6) is -0.920. The maximum Gasteiger partial charge on any atom is 0.313 e. The van der Waals surface area contributed by atoms with Crippen LogP contribution in [0.1, 0.15) is 6.42 Å². The number of methoxy groups -OCH3 is 1. The number of aryl methyl sites for hydroxylation is 1. The van der Waals surface area contributed by atoms with E-state index in [-0.39, 0.29) is 5.75 Å². The Kier molecular flexibility index (Phi) is 5.05. The van der Waals surface area contributed by atoms with E-state index in [9.17, 15) is 4.79 Å². The van der Waals surface area contributed by atoms with Crippen LogP contribution in [-0.4, -0.2) is 50.8 Å². The van der Waals surface area contributed by atoms with Crippen LogP contribution in [0.2, 0.25) is 0 Å². The topological polar surface area (TPSA) is 90.1 Å². The van der Waals surface area contributed by atoms with E-state index in [2.05, 4.69) is 15.5 Å². The van der Waals surface area contributed by atoms with Gasteiger partial charge in [-0.15, -0.1) is 5.10 Å². The van der Waals surface area contributed by atoms with E-state index in [1.54, 1.807) is 11.8 Å². The van der Waals surface area contributed by atoms with Gasteiger partial charge < -0.3 is 9.84 Å². The Morgan fingerprint density at radius 3 is 3.13 bits per heavy atom. The lowest BCUT2D eigenvalue weighted by Crippen LogP contribution is -2.06. The predicted molar refractivity (Wildman–Crippen MR) is 52.7 cm³/mol. The van der Waals surface area contributed by atoms with E-state index < -0.39 is 5.97 Å². The first-order chi connectivity index (χ1) is 7.24. The van der Waals surface area contributed by atoms with Crippen LogP contribution in [0, 0.1) is 0 Å². The summed E-state index contributed by atoms with van der Waals surface area (Å²) < 4.78 is 6.47. The highest BCUT2D eigenvalue weighted by Crippen LogP contribution is 2.12. The summed E-state index contributed by atoms with van der Waals surface area (Å²) in [4.78, 5) is 10.3. The number of carbonyl (C=O) groups is 1. The van der Waals surface area contributed by atoms with Crippen LogP contribution < -0.4 is 0 Å². The third kappa shape index (κ3) is 4.26. The van der Waals surface area contributed by atoms with Gasteiger partial charge >= 0.3 is 5.97 Å². The van der Waals surface area contributed by atoms with Gasteiger partial charge in [0, 0.05) is 20.3 Å². The van der Waals surface area contributed by atoms with E-state index in [0.717, 1.165) is 18.2 Å². The summed E-state index contributed by atoms with van der Waals surface area (Å²) in [5, 5.41) is 20.0. The zero-order valence-corrected chi connectivity index (χ0v) is 9.11. The van der Waals surface area contributed by atoms with Crippen molar-refractivity contribution in [2.45, 2.75) is 18.1 Å². The smallest absolute Gasteiger partial charge is 0.313 e. The molecule has 1 heterocycles. The van der Waals surface area contributed by atoms with Crippen molar-refractivity contribution in [3.63, 3.8) is 0 Å². The van der Waals surface area contributed by atoms with E-state index >= 15 is 0 Å². The minimum absolute atomic E-state index is 0.0371. The van der Waals surface area contributed by atoms with Gasteiger partial charge in [-0.25, -0.2) is 4.68 Å². The number of hydrogen-bond donors (Lipinski definition) is 1. The molecule has 7 nitrogen and oxygen atoms in total. The SMILES string of the molecule is COCCCn1nnnc1SCC(=O)O. The maximum absolute atomic E-state index is 10.3. The second kappa shape index (κ2) is 6.36. The molecule has 0 bridgehead atoms. The molecule has 8 heteroatoms. The van der Waals surface area contributed by atoms with Crippen molar-refractivity contribution in [1.29, 1.82) is 0 Å². The van der Waals surface area contributed by atoms with Crippen molar-refractivity contribution in [2.24, 2.45) is 0 Å². The lowest BCUT2D eigenvalue weighted by atomic mass is 10.5. The Hall–Kier alpha value is -1.15. The van der Waals surface area contributed by atoms with Gasteiger partial charge in [0.25, 0.3) is 0 Å². The van der Waals surface area contributed by atoms with Crippen molar-refractivity contribution in [3.8, 4) is 0 Å². The summed E-state index contributed by atoms with van der Waals surface area (Å²) in [6.07, 6.45) is 0.794. The molecule has 0 aromatic carbocycles. The van der Waals surface area contributed by atoms with E-state index in [4.69, 9.17) is 9.84 Å². The molecule has 0 fully saturated rings. The summed E-state index contributed by atoms with van der Waals surface area (Å²) in [6, 6.07) is 0. The van der Waals surface area contributed by atoms with Crippen LogP contribution in [0.25, 0.3) is 0 Å². The third-order valence-corrected chi connectivity index (χ3v) is 2.48. The van der Waals surface area contributed by atoms with Crippen LogP contribution in [0.4, 0.5) is 0 Å². The lowest BCUT2D eigenvalue weighted by Gasteiger charge is -2.02. The first-order valence-corrected chi connectivity index (χ1v) is 5.32. The Balaban J connectivity index is 2.42. The van der Waals surface area contributed by atoms with Gasteiger partial charge in [0.2, 0.25) is 5.16 Å². The fourth-order valence-corrected chi connectivity index (χ4v) is 1.55. The molecule has 0 aliphatic carbocycles. The van der Waals surface area contributed by atoms with Gasteiger partial charge in [0.1, 0.15) is 0 Å². The molecule has 0 saturated carbocycles. The molecule has 1 aromatic rings. The second-order valence-electron chi connectivity index (χ2n) is 2.71. The number of hydrogen-bond acceptors (Lipinski definition) is 6. The molecular formula is C7H12N4O3S. The van der Waals surface area contributed by atoms with Crippen LogP contribution in [0.5, 0.6) is 0 Å². The quantitative estimate of drug-likeness (QED) is 0.518. The highest BCUT2D eigenvalue weighted by atomic mass is 32.2. The molecule has 0 atom stereocenters. The first-order valence-electron chi connectivity index (χ1n) is 4.33. The molecule has 0 amide bonds.